The van der Waals surface area contributed by atoms with Gasteiger partial charge < -0.3 is 5.11 Å². The Morgan fingerprint density at radius 2 is 2.13 bits per heavy atom. The van der Waals surface area contributed by atoms with Gasteiger partial charge in [-0.15, -0.1) is 0 Å². The van der Waals surface area contributed by atoms with E-state index in [9.17, 15) is 8.42 Å². The zero-order valence-electron chi connectivity index (χ0n) is 13.4. The summed E-state index contributed by atoms with van der Waals surface area (Å²) < 4.78 is 23.1. The number of halogens is 1. The molecule has 0 bridgehead atoms. The van der Waals surface area contributed by atoms with Gasteiger partial charge in [0.05, 0.1) is 11.5 Å². The van der Waals surface area contributed by atoms with Crippen molar-refractivity contribution >= 4 is 21.6 Å². The lowest BCUT2D eigenvalue weighted by atomic mass is 10.1. The molecule has 0 spiro atoms. The second kappa shape index (κ2) is 7.46. The predicted molar refractivity (Wildman–Crippen MR) is 90.8 cm³/mol. The van der Waals surface area contributed by atoms with Crippen LogP contribution in [0.3, 0.4) is 0 Å². The van der Waals surface area contributed by atoms with Gasteiger partial charge in [-0.2, -0.15) is 0 Å². The summed E-state index contributed by atoms with van der Waals surface area (Å²) in [7, 11) is -1.75. The van der Waals surface area contributed by atoms with Crippen LogP contribution in [0.15, 0.2) is 23.1 Å². The molecule has 0 radical (unpaired) electrons. The summed E-state index contributed by atoms with van der Waals surface area (Å²) in [5, 5.41) is 14.6. The summed E-state index contributed by atoms with van der Waals surface area (Å²) in [4.78, 5) is 4.50. The first-order valence-corrected chi connectivity index (χ1v) is 9.52. The van der Waals surface area contributed by atoms with Crippen molar-refractivity contribution in [3.8, 4) is 0 Å². The molecule has 1 heterocycles. The molecule has 130 valence electrons. The van der Waals surface area contributed by atoms with Crippen LogP contribution in [0, 0.1) is 0 Å². The van der Waals surface area contributed by atoms with Crippen molar-refractivity contribution < 1.29 is 13.5 Å². The summed E-state index contributed by atoms with van der Waals surface area (Å²) >= 11 is 6.02. The summed E-state index contributed by atoms with van der Waals surface area (Å²) in [6, 6.07) is 5.40. The Morgan fingerprint density at radius 1 is 1.43 bits per heavy atom. The summed E-state index contributed by atoms with van der Waals surface area (Å²) in [5.74, 6) is 0. The first kappa shape index (κ1) is 18.6. The summed E-state index contributed by atoms with van der Waals surface area (Å²) in [5.41, 5.74) is 0.832. The van der Waals surface area contributed by atoms with Crippen LogP contribution >= 0.6 is 11.6 Å². The van der Waals surface area contributed by atoms with E-state index in [-0.39, 0.29) is 11.5 Å². The number of nitrogens with two attached hydrogens (primary N) is 1. The molecule has 0 saturated carbocycles. The van der Waals surface area contributed by atoms with E-state index < -0.39 is 10.0 Å². The number of likely N-dealkylation sites (N-methyl/N-ethyl adjacent to an activating group) is 1. The highest BCUT2D eigenvalue weighted by molar-refractivity contribution is 7.89. The van der Waals surface area contributed by atoms with Crippen LogP contribution < -0.4 is 5.14 Å². The molecule has 0 aliphatic carbocycles. The Labute approximate surface area is 142 Å². The second-order valence-corrected chi connectivity index (χ2v) is 8.11. The molecule has 3 N–H and O–H groups in total. The number of sulfonamides is 1. The molecule has 1 aliphatic rings. The molecule has 2 atom stereocenters. The number of rotatable bonds is 6. The smallest absolute Gasteiger partial charge is 0.238 e. The van der Waals surface area contributed by atoms with Gasteiger partial charge in [-0.1, -0.05) is 11.6 Å². The lowest BCUT2D eigenvalue weighted by molar-refractivity contribution is 0.144. The predicted octanol–water partition coefficient (Wildman–Crippen LogP) is 0.874. The van der Waals surface area contributed by atoms with E-state index in [1.165, 1.54) is 6.07 Å². The van der Waals surface area contributed by atoms with E-state index in [1.807, 2.05) is 7.05 Å². The number of nitrogens with zero attached hydrogens (tertiary/aromatic N) is 2. The highest BCUT2D eigenvalue weighted by Gasteiger charge is 2.33. The molecule has 0 unspecified atom stereocenters. The molecule has 0 aromatic heterocycles. The molecular weight excluding hydrogens is 338 g/mol. The monoisotopic (exact) mass is 361 g/mol. The fourth-order valence-electron chi connectivity index (χ4n) is 3.23. The Kier molecular flexibility index (Phi) is 6.05. The number of likely N-dealkylation sites (tertiary alicyclic amines) is 1. The topological polar surface area (TPSA) is 86.9 Å². The van der Waals surface area contributed by atoms with Crippen molar-refractivity contribution in [3.05, 3.63) is 28.8 Å². The number of aliphatic hydroxyl groups is 1. The Balaban J connectivity index is 2.13. The van der Waals surface area contributed by atoms with Crippen molar-refractivity contribution in [1.82, 2.24) is 9.80 Å². The van der Waals surface area contributed by atoms with Gasteiger partial charge in [-0.05, 0) is 44.2 Å². The zero-order valence-corrected chi connectivity index (χ0v) is 15.0. The van der Waals surface area contributed by atoms with Crippen molar-refractivity contribution in [2.75, 3.05) is 26.7 Å². The summed E-state index contributed by atoms with van der Waals surface area (Å²) in [6.45, 7) is 4.48. The quantitative estimate of drug-likeness (QED) is 0.785. The lowest BCUT2D eigenvalue weighted by Crippen LogP contribution is -2.42. The largest absolute Gasteiger partial charge is 0.395 e. The van der Waals surface area contributed by atoms with Crippen LogP contribution in [0.1, 0.15) is 18.9 Å². The maximum Gasteiger partial charge on any atom is 0.238 e. The molecule has 1 saturated heterocycles. The van der Waals surface area contributed by atoms with Gasteiger partial charge in [0.1, 0.15) is 0 Å². The maximum absolute atomic E-state index is 11.5. The first-order valence-electron chi connectivity index (χ1n) is 7.60. The minimum atomic E-state index is -3.77. The fraction of sp³-hybridized carbons (Fsp3) is 0.600. The standard InChI is InChI=1S/C15H24ClN3O3S/c1-11-15(18(2)5-6-20)3-4-19(11)10-12-7-13(16)9-14(8-12)23(17,21)22/h7-9,11,15,20H,3-6,10H2,1-2H3,(H2,17,21,22)/t11-,15-/m1/s1. The van der Waals surface area contributed by atoms with Crippen LogP contribution in [-0.4, -0.2) is 62.2 Å². The molecule has 0 amide bonds. The van der Waals surface area contributed by atoms with E-state index >= 15 is 0 Å². The van der Waals surface area contributed by atoms with E-state index in [0.717, 1.165) is 18.5 Å². The molecule has 1 aromatic rings. The van der Waals surface area contributed by atoms with Crippen LogP contribution in [0.25, 0.3) is 0 Å². The maximum atomic E-state index is 11.5. The molecule has 1 fully saturated rings. The first-order chi connectivity index (χ1) is 10.7. The zero-order chi connectivity index (χ0) is 17.2. The summed E-state index contributed by atoms with van der Waals surface area (Å²) in [6.07, 6.45) is 1.01. The SMILES string of the molecule is C[C@@H]1[C@H](N(C)CCO)CCN1Cc1cc(Cl)cc(S(N)(=O)=O)c1. The van der Waals surface area contributed by atoms with Gasteiger partial charge in [0.15, 0.2) is 0 Å². The van der Waals surface area contributed by atoms with Gasteiger partial charge in [-0.25, -0.2) is 13.6 Å². The van der Waals surface area contributed by atoms with E-state index in [0.29, 0.717) is 30.2 Å². The van der Waals surface area contributed by atoms with Crippen LogP contribution in [0.5, 0.6) is 0 Å². The third-order valence-corrected chi connectivity index (χ3v) is 5.62. The Hall–Kier alpha value is -0.700. The van der Waals surface area contributed by atoms with Gasteiger partial charge in [0.25, 0.3) is 0 Å². The fourth-order valence-corrected chi connectivity index (χ4v) is 4.16. The van der Waals surface area contributed by atoms with Gasteiger partial charge in [0.2, 0.25) is 10.0 Å². The molecule has 6 nitrogen and oxygen atoms in total. The minimum Gasteiger partial charge on any atom is -0.395 e. The number of aliphatic hydroxyl groups excluding tert-OH is 1. The highest BCUT2D eigenvalue weighted by Crippen LogP contribution is 2.26. The van der Waals surface area contributed by atoms with Gasteiger partial charge in [0, 0.05) is 36.7 Å². The number of hydrogen-bond donors (Lipinski definition) is 2. The Bertz CT molecular complexity index is 653. The highest BCUT2D eigenvalue weighted by atomic mass is 35.5. The Morgan fingerprint density at radius 3 is 2.74 bits per heavy atom. The van der Waals surface area contributed by atoms with E-state index in [1.54, 1.807) is 12.1 Å². The molecular formula is C15H24ClN3O3S. The molecule has 8 heteroatoms. The van der Waals surface area contributed by atoms with Crippen molar-refractivity contribution in [1.29, 1.82) is 0 Å². The molecule has 23 heavy (non-hydrogen) atoms. The van der Waals surface area contributed by atoms with Gasteiger partial charge in [-0.3, -0.25) is 9.80 Å². The van der Waals surface area contributed by atoms with Gasteiger partial charge >= 0.3 is 0 Å². The molecule has 2 rings (SSSR count). The third-order valence-electron chi connectivity index (χ3n) is 4.51. The van der Waals surface area contributed by atoms with Crippen molar-refractivity contribution in [2.45, 2.75) is 36.9 Å². The number of benzene rings is 1. The number of hydrogen-bond acceptors (Lipinski definition) is 5. The third kappa shape index (κ3) is 4.65. The van der Waals surface area contributed by atoms with E-state index in [4.69, 9.17) is 21.8 Å². The van der Waals surface area contributed by atoms with Crippen molar-refractivity contribution in [2.24, 2.45) is 5.14 Å². The van der Waals surface area contributed by atoms with Crippen LogP contribution in [0.4, 0.5) is 0 Å². The lowest BCUT2D eigenvalue weighted by Gasteiger charge is -2.30. The molecule has 1 aromatic carbocycles. The minimum absolute atomic E-state index is 0.0424. The molecule has 1 aliphatic heterocycles. The second-order valence-electron chi connectivity index (χ2n) is 6.11. The van der Waals surface area contributed by atoms with Crippen molar-refractivity contribution in [3.63, 3.8) is 0 Å². The number of primary sulfonamides is 1. The van der Waals surface area contributed by atoms with E-state index in [2.05, 4.69) is 16.7 Å². The van der Waals surface area contributed by atoms with Crippen LogP contribution in [-0.2, 0) is 16.6 Å². The normalized spacial score (nSPS) is 22.9. The average Bonchev–Trinajstić information content (AvgIpc) is 2.79. The van der Waals surface area contributed by atoms with Crippen LogP contribution in [0.2, 0.25) is 5.02 Å². The average molecular weight is 362 g/mol.